The van der Waals surface area contributed by atoms with Crippen LogP contribution < -0.4 is 10.2 Å². The molecule has 1 aliphatic rings. The normalized spacial score (nSPS) is 16.4. The number of hydrogen-bond acceptors (Lipinski definition) is 3. The zero-order valence-electron chi connectivity index (χ0n) is 15.5. The van der Waals surface area contributed by atoms with Crippen molar-refractivity contribution in [3.05, 3.63) is 78.6 Å². The number of rotatable bonds is 6. The van der Waals surface area contributed by atoms with Crippen molar-refractivity contribution in [2.45, 2.75) is 12.8 Å². The summed E-state index contributed by atoms with van der Waals surface area (Å²) in [6.07, 6.45) is 4.98. The molecule has 2 amide bonds. The summed E-state index contributed by atoms with van der Waals surface area (Å²) < 4.78 is 1.81. The Labute approximate surface area is 163 Å². The van der Waals surface area contributed by atoms with Gasteiger partial charge < -0.3 is 10.2 Å². The van der Waals surface area contributed by atoms with Gasteiger partial charge in [0.25, 0.3) is 0 Å². The van der Waals surface area contributed by atoms with E-state index >= 15 is 0 Å². The molecular formula is C22H22N4O2. The number of nitrogens with one attached hydrogen (secondary N) is 1. The van der Waals surface area contributed by atoms with Crippen molar-refractivity contribution in [3.63, 3.8) is 0 Å². The van der Waals surface area contributed by atoms with Gasteiger partial charge >= 0.3 is 0 Å². The molecule has 1 unspecified atom stereocenters. The van der Waals surface area contributed by atoms with Gasteiger partial charge in [-0.2, -0.15) is 5.10 Å². The second-order valence-electron chi connectivity index (χ2n) is 6.84. The second kappa shape index (κ2) is 8.08. The number of carbonyl (C=O) groups excluding carboxylic acids is 2. The summed E-state index contributed by atoms with van der Waals surface area (Å²) in [5.41, 5.74) is 2.87. The Kier molecular flexibility index (Phi) is 5.19. The summed E-state index contributed by atoms with van der Waals surface area (Å²) in [5, 5.41) is 7.26. The number of amides is 2. The summed E-state index contributed by atoms with van der Waals surface area (Å²) in [6, 6.07) is 19.4. The molecule has 1 atom stereocenters. The fraction of sp³-hybridized carbons (Fsp3) is 0.227. The minimum Gasteiger partial charge on any atom is -0.355 e. The number of aromatic nitrogens is 2. The fourth-order valence-corrected chi connectivity index (χ4v) is 3.45. The van der Waals surface area contributed by atoms with E-state index in [0.717, 1.165) is 16.9 Å². The molecule has 0 bridgehead atoms. The Hall–Kier alpha value is -3.41. The maximum Gasteiger partial charge on any atom is 0.239 e. The van der Waals surface area contributed by atoms with Crippen LogP contribution in [0.25, 0.3) is 5.69 Å². The highest BCUT2D eigenvalue weighted by Gasteiger charge is 2.37. The lowest BCUT2D eigenvalue weighted by Gasteiger charge is -2.16. The van der Waals surface area contributed by atoms with E-state index in [2.05, 4.69) is 10.4 Å². The number of nitrogens with zero attached hydrogens (tertiary/aromatic N) is 3. The van der Waals surface area contributed by atoms with Crippen LogP contribution in [-0.2, 0) is 16.0 Å². The topological polar surface area (TPSA) is 67.2 Å². The molecule has 142 valence electrons. The average Bonchev–Trinajstić information content (AvgIpc) is 3.36. The number of anilines is 1. The summed E-state index contributed by atoms with van der Waals surface area (Å²) in [6.45, 7) is 1.05. The number of carbonyl (C=O) groups is 2. The van der Waals surface area contributed by atoms with Crippen LogP contribution in [-0.4, -0.2) is 34.7 Å². The van der Waals surface area contributed by atoms with Gasteiger partial charge in [0.2, 0.25) is 11.8 Å². The molecule has 1 aromatic heterocycles. The molecule has 3 aromatic rings. The molecule has 0 saturated carbocycles. The summed E-state index contributed by atoms with van der Waals surface area (Å²) >= 11 is 0. The second-order valence-corrected chi connectivity index (χ2v) is 6.84. The highest BCUT2D eigenvalue weighted by Crippen LogP contribution is 2.25. The van der Waals surface area contributed by atoms with Crippen LogP contribution in [0, 0.1) is 5.92 Å². The van der Waals surface area contributed by atoms with Gasteiger partial charge in [-0.05, 0) is 42.7 Å². The standard InChI is InChI=1S/C22H22N4O2/c27-21(20-12-14-25(22(20)28)18-7-3-1-4-8-18)23-13-11-17-15-24-26(16-17)19-9-5-2-6-10-19/h1-10,15-16,20H,11-14H2,(H,23,27). The molecule has 0 radical (unpaired) electrons. The Morgan fingerprint density at radius 1 is 1.04 bits per heavy atom. The highest BCUT2D eigenvalue weighted by atomic mass is 16.2. The van der Waals surface area contributed by atoms with Crippen molar-refractivity contribution in [3.8, 4) is 5.69 Å². The van der Waals surface area contributed by atoms with Gasteiger partial charge in [-0.25, -0.2) is 4.68 Å². The Balaban J connectivity index is 1.29. The van der Waals surface area contributed by atoms with E-state index < -0.39 is 5.92 Å². The van der Waals surface area contributed by atoms with E-state index in [1.807, 2.05) is 71.5 Å². The molecule has 1 aliphatic heterocycles. The molecule has 6 heteroatoms. The van der Waals surface area contributed by atoms with Crippen molar-refractivity contribution in [1.29, 1.82) is 0 Å². The minimum absolute atomic E-state index is 0.124. The van der Waals surface area contributed by atoms with Gasteiger partial charge in [-0.15, -0.1) is 0 Å². The van der Waals surface area contributed by atoms with E-state index in [0.29, 0.717) is 25.9 Å². The zero-order chi connectivity index (χ0) is 19.3. The van der Waals surface area contributed by atoms with Gasteiger partial charge in [0, 0.05) is 25.0 Å². The molecule has 28 heavy (non-hydrogen) atoms. The van der Waals surface area contributed by atoms with E-state index in [9.17, 15) is 9.59 Å². The molecular weight excluding hydrogens is 352 g/mol. The highest BCUT2D eigenvalue weighted by molar-refractivity contribution is 6.09. The minimum atomic E-state index is -0.604. The van der Waals surface area contributed by atoms with Crippen molar-refractivity contribution in [2.24, 2.45) is 5.92 Å². The maximum absolute atomic E-state index is 12.6. The SMILES string of the molecule is O=C(NCCc1cnn(-c2ccccc2)c1)C1CCN(c2ccccc2)C1=O. The van der Waals surface area contributed by atoms with E-state index in [1.54, 1.807) is 11.1 Å². The van der Waals surface area contributed by atoms with Gasteiger partial charge in [0.15, 0.2) is 0 Å². The Bertz CT molecular complexity index is 953. The quantitative estimate of drug-likeness (QED) is 0.675. The van der Waals surface area contributed by atoms with Crippen LogP contribution in [0.2, 0.25) is 0 Å². The van der Waals surface area contributed by atoms with Crippen molar-refractivity contribution in [2.75, 3.05) is 18.0 Å². The summed E-state index contributed by atoms with van der Waals surface area (Å²) in [4.78, 5) is 26.8. The third-order valence-corrected chi connectivity index (χ3v) is 4.96. The monoisotopic (exact) mass is 374 g/mol. The van der Waals surface area contributed by atoms with Gasteiger partial charge in [0.1, 0.15) is 5.92 Å². The summed E-state index contributed by atoms with van der Waals surface area (Å²) in [5.74, 6) is -0.924. The first-order chi connectivity index (χ1) is 13.7. The summed E-state index contributed by atoms with van der Waals surface area (Å²) in [7, 11) is 0. The molecule has 0 spiro atoms. The van der Waals surface area contributed by atoms with Crippen LogP contribution >= 0.6 is 0 Å². The lowest BCUT2D eigenvalue weighted by Crippen LogP contribution is -2.37. The van der Waals surface area contributed by atoms with Gasteiger partial charge in [-0.3, -0.25) is 9.59 Å². The van der Waals surface area contributed by atoms with E-state index in [4.69, 9.17) is 0 Å². The van der Waals surface area contributed by atoms with E-state index in [1.165, 1.54) is 0 Å². The van der Waals surface area contributed by atoms with Crippen LogP contribution in [0.5, 0.6) is 0 Å². The smallest absolute Gasteiger partial charge is 0.239 e. The molecule has 1 fully saturated rings. The molecule has 2 heterocycles. The Morgan fingerprint density at radius 3 is 2.43 bits per heavy atom. The van der Waals surface area contributed by atoms with Gasteiger partial charge in [0.05, 0.1) is 11.9 Å². The third-order valence-electron chi connectivity index (χ3n) is 4.96. The number of hydrogen-bond donors (Lipinski definition) is 1. The van der Waals surface area contributed by atoms with E-state index in [-0.39, 0.29) is 11.8 Å². The van der Waals surface area contributed by atoms with Crippen molar-refractivity contribution in [1.82, 2.24) is 15.1 Å². The van der Waals surface area contributed by atoms with Crippen LogP contribution in [0.4, 0.5) is 5.69 Å². The maximum atomic E-state index is 12.6. The molecule has 0 aliphatic carbocycles. The largest absolute Gasteiger partial charge is 0.355 e. The van der Waals surface area contributed by atoms with Crippen LogP contribution in [0.3, 0.4) is 0 Å². The lowest BCUT2D eigenvalue weighted by atomic mass is 10.1. The van der Waals surface area contributed by atoms with Crippen molar-refractivity contribution < 1.29 is 9.59 Å². The molecule has 2 aromatic carbocycles. The molecule has 6 nitrogen and oxygen atoms in total. The number of para-hydroxylation sites is 2. The number of benzene rings is 2. The molecule has 4 rings (SSSR count). The first-order valence-electron chi connectivity index (χ1n) is 9.45. The average molecular weight is 374 g/mol. The van der Waals surface area contributed by atoms with Crippen LogP contribution in [0.1, 0.15) is 12.0 Å². The lowest BCUT2D eigenvalue weighted by molar-refractivity contribution is -0.132. The van der Waals surface area contributed by atoms with Crippen molar-refractivity contribution >= 4 is 17.5 Å². The first kappa shape index (κ1) is 18.0. The predicted molar refractivity (Wildman–Crippen MR) is 107 cm³/mol. The Morgan fingerprint density at radius 2 is 1.71 bits per heavy atom. The van der Waals surface area contributed by atoms with Gasteiger partial charge in [-0.1, -0.05) is 36.4 Å². The predicted octanol–water partition coefficient (Wildman–Crippen LogP) is 2.58. The third kappa shape index (κ3) is 3.81. The fourth-order valence-electron chi connectivity index (χ4n) is 3.45. The zero-order valence-corrected chi connectivity index (χ0v) is 15.5. The molecule has 1 saturated heterocycles. The van der Waals surface area contributed by atoms with Crippen LogP contribution in [0.15, 0.2) is 73.1 Å². The molecule has 1 N–H and O–H groups in total. The first-order valence-corrected chi connectivity index (χ1v) is 9.45.